The summed E-state index contributed by atoms with van der Waals surface area (Å²) in [6, 6.07) is 0. The van der Waals surface area contributed by atoms with Gasteiger partial charge in [-0.25, -0.2) is 0 Å². The molecule has 6 heteroatoms. The van der Waals surface area contributed by atoms with Crippen molar-refractivity contribution in [1.29, 1.82) is 0 Å². The van der Waals surface area contributed by atoms with Crippen molar-refractivity contribution >= 4 is 17.9 Å². The van der Waals surface area contributed by atoms with E-state index in [1.54, 1.807) is 0 Å². The molecule has 0 heterocycles. The van der Waals surface area contributed by atoms with Crippen molar-refractivity contribution in [3.05, 3.63) is 60.8 Å². The number of allylic oxidation sites excluding steroid dienone is 10. The Hall–Kier alpha value is -2.89. The van der Waals surface area contributed by atoms with Gasteiger partial charge in [-0.15, -0.1) is 0 Å². The van der Waals surface area contributed by atoms with E-state index in [1.165, 1.54) is 186 Å². The Bertz CT molecular complexity index is 1280. The van der Waals surface area contributed by atoms with Gasteiger partial charge in [0, 0.05) is 19.3 Å². The lowest BCUT2D eigenvalue weighted by Gasteiger charge is -2.18. The van der Waals surface area contributed by atoms with Gasteiger partial charge in [0.25, 0.3) is 0 Å². The predicted octanol–water partition coefficient (Wildman–Crippen LogP) is 20.8. The Morgan fingerprint density at radius 2 is 0.549 bits per heavy atom. The molecule has 0 aliphatic carbocycles. The lowest BCUT2D eigenvalue weighted by molar-refractivity contribution is -0.167. The van der Waals surface area contributed by atoms with Crippen molar-refractivity contribution < 1.29 is 28.6 Å². The smallest absolute Gasteiger partial charge is 0.306 e. The number of esters is 3. The largest absolute Gasteiger partial charge is 0.462 e. The van der Waals surface area contributed by atoms with Crippen LogP contribution in [0.1, 0.15) is 316 Å². The number of carbonyl (C=O) groups excluding carboxylic acids is 3. The second-order valence-electron chi connectivity index (χ2n) is 20.6. The fraction of sp³-hybridized carbons (Fsp3) is 0.800. The van der Waals surface area contributed by atoms with Crippen molar-refractivity contribution in [2.75, 3.05) is 13.2 Å². The number of ether oxygens (including phenoxy) is 3. The van der Waals surface area contributed by atoms with Gasteiger partial charge < -0.3 is 14.2 Å². The van der Waals surface area contributed by atoms with E-state index < -0.39 is 6.10 Å². The topological polar surface area (TPSA) is 78.9 Å². The molecule has 0 fully saturated rings. The van der Waals surface area contributed by atoms with Crippen LogP contribution < -0.4 is 0 Å². The lowest BCUT2D eigenvalue weighted by Crippen LogP contribution is -2.30. The summed E-state index contributed by atoms with van der Waals surface area (Å²) < 4.78 is 16.9. The average molecular weight is 994 g/mol. The van der Waals surface area contributed by atoms with Crippen LogP contribution in [-0.4, -0.2) is 37.2 Å². The maximum absolute atomic E-state index is 12.9. The van der Waals surface area contributed by atoms with E-state index in [9.17, 15) is 14.4 Å². The SMILES string of the molecule is CC/C=C\C/C=C\C/C=C\C/C=C\CCCCCCCCCCCCC(=O)OCC(COC(=O)CCCCCCC/C=C\CCCCC)OC(=O)CCCCCCCCCCCCCCCCCCCC. The van der Waals surface area contributed by atoms with Crippen molar-refractivity contribution in [3.8, 4) is 0 Å². The maximum atomic E-state index is 12.9. The molecule has 0 N–H and O–H groups in total. The van der Waals surface area contributed by atoms with Gasteiger partial charge >= 0.3 is 17.9 Å². The molecule has 0 bridgehead atoms. The predicted molar refractivity (Wildman–Crippen MR) is 307 cm³/mol. The van der Waals surface area contributed by atoms with Crippen LogP contribution in [0.2, 0.25) is 0 Å². The molecule has 0 aromatic carbocycles. The zero-order valence-corrected chi connectivity index (χ0v) is 47.2. The lowest BCUT2D eigenvalue weighted by atomic mass is 10.0. The van der Waals surface area contributed by atoms with E-state index >= 15 is 0 Å². The molecule has 0 saturated heterocycles. The molecule has 6 nitrogen and oxygen atoms in total. The highest BCUT2D eigenvalue weighted by molar-refractivity contribution is 5.71. The van der Waals surface area contributed by atoms with E-state index in [0.717, 1.165) is 89.9 Å². The van der Waals surface area contributed by atoms with E-state index in [4.69, 9.17) is 14.2 Å². The number of carbonyl (C=O) groups is 3. The third kappa shape index (κ3) is 57.9. The van der Waals surface area contributed by atoms with Gasteiger partial charge in [0.1, 0.15) is 13.2 Å². The van der Waals surface area contributed by atoms with Crippen LogP contribution >= 0.6 is 0 Å². The van der Waals surface area contributed by atoms with Gasteiger partial charge in [0.2, 0.25) is 0 Å². The van der Waals surface area contributed by atoms with Crippen LogP contribution in [0.25, 0.3) is 0 Å². The van der Waals surface area contributed by atoms with Gasteiger partial charge in [0.05, 0.1) is 0 Å². The highest BCUT2D eigenvalue weighted by atomic mass is 16.6. The van der Waals surface area contributed by atoms with Gasteiger partial charge in [-0.05, 0) is 83.5 Å². The van der Waals surface area contributed by atoms with Crippen molar-refractivity contribution in [2.45, 2.75) is 322 Å². The first-order chi connectivity index (χ1) is 35.0. The highest BCUT2D eigenvalue weighted by Crippen LogP contribution is 2.17. The van der Waals surface area contributed by atoms with Gasteiger partial charge in [-0.3, -0.25) is 14.4 Å². The van der Waals surface area contributed by atoms with E-state index in [2.05, 4.69) is 81.5 Å². The number of hydrogen-bond acceptors (Lipinski definition) is 6. The molecule has 71 heavy (non-hydrogen) atoms. The molecular weight excluding hydrogens is 877 g/mol. The summed E-state index contributed by atoms with van der Waals surface area (Å²) in [4.78, 5) is 38.2. The van der Waals surface area contributed by atoms with E-state index in [0.29, 0.717) is 19.3 Å². The summed E-state index contributed by atoms with van der Waals surface area (Å²) in [5, 5.41) is 0. The highest BCUT2D eigenvalue weighted by Gasteiger charge is 2.19. The second-order valence-corrected chi connectivity index (χ2v) is 20.6. The molecule has 1 unspecified atom stereocenters. The molecule has 0 aromatic heterocycles. The van der Waals surface area contributed by atoms with Crippen LogP contribution in [0.15, 0.2) is 60.8 Å². The second kappa shape index (κ2) is 59.7. The molecule has 0 aromatic rings. The van der Waals surface area contributed by atoms with Crippen molar-refractivity contribution in [2.24, 2.45) is 0 Å². The zero-order valence-electron chi connectivity index (χ0n) is 47.2. The molecule has 0 amide bonds. The molecule has 0 spiro atoms. The summed E-state index contributed by atoms with van der Waals surface area (Å²) in [6.45, 7) is 6.53. The van der Waals surface area contributed by atoms with Crippen LogP contribution in [0, 0.1) is 0 Å². The standard InChI is InChI=1S/C65H116O6/c1-4-7-10-13-16-19-22-25-27-29-31-32-33-34-35-37-38-40-43-46-49-52-55-58-64(67)70-61-62(60-69-63(66)57-54-51-48-45-42-24-21-18-15-12-9-6-3)71-65(68)59-56-53-50-47-44-41-39-36-30-28-26-23-20-17-14-11-8-5-2/h7,10,16,18-19,21,25,27,31-32,62H,4-6,8-9,11-15,17,20,22-24,26,28-30,33-61H2,1-3H3/b10-7-,19-16-,21-18-,27-25-,32-31-. The summed E-state index contributed by atoms with van der Waals surface area (Å²) in [5.74, 6) is -0.872. The number of unbranched alkanes of at least 4 members (excludes halogenated alkanes) is 35. The van der Waals surface area contributed by atoms with Crippen LogP contribution in [0.5, 0.6) is 0 Å². The maximum Gasteiger partial charge on any atom is 0.306 e. The number of hydrogen-bond donors (Lipinski definition) is 0. The Kier molecular flexibility index (Phi) is 57.2. The van der Waals surface area contributed by atoms with E-state index in [-0.39, 0.29) is 31.1 Å². The van der Waals surface area contributed by atoms with Crippen LogP contribution in [0.4, 0.5) is 0 Å². The monoisotopic (exact) mass is 993 g/mol. The van der Waals surface area contributed by atoms with E-state index in [1.807, 2.05) is 0 Å². The first kappa shape index (κ1) is 68.1. The molecule has 0 radical (unpaired) electrons. The van der Waals surface area contributed by atoms with Gasteiger partial charge in [-0.2, -0.15) is 0 Å². The third-order valence-electron chi connectivity index (χ3n) is 13.5. The number of rotatable bonds is 56. The summed E-state index contributed by atoms with van der Waals surface area (Å²) in [6.07, 6.45) is 75.1. The molecule has 412 valence electrons. The summed E-state index contributed by atoms with van der Waals surface area (Å²) in [5.41, 5.74) is 0. The van der Waals surface area contributed by atoms with Crippen LogP contribution in [0.3, 0.4) is 0 Å². The minimum atomic E-state index is -0.777. The summed E-state index contributed by atoms with van der Waals surface area (Å²) >= 11 is 0. The molecule has 0 rings (SSSR count). The minimum absolute atomic E-state index is 0.0759. The average Bonchev–Trinajstić information content (AvgIpc) is 3.37. The Balaban J connectivity index is 4.29. The molecule has 0 aliphatic rings. The normalized spacial score (nSPS) is 12.4. The Morgan fingerprint density at radius 3 is 0.901 bits per heavy atom. The van der Waals surface area contributed by atoms with Crippen molar-refractivity contribution in [3.63, 3.8) is 0 Å². The Morgan fingerprint density at radius 1 is 0.296 bits per heavy atom. The quantitative estimate of drug-likeness (QED) is 0.0261. The zero-order chi connectivity index (χ0) is 51.4. The third-order valence-corrected chi connectivity index (χ3v) is 13.5. The summed E-state index contributed by atoms with van der Waals surface area (Å²) in [7, 11) is 0. The van der Waals surface area contributed by atoms with Crippen molar-refractivity contribution in [1.82, 2.24) is 0 Å². The minimum Gasteiger partial charge on any atom is -0.462 e. The van der Waals surface area contributed by atoms with Gasteiger partial charge in [-0.1, -0.05) is 274 Å². The Labute approximate surface area is 440 Å². The first-order valence-corrected chi connectivity index (χ1v) is 30.8. The van der Waals surface area contributed by atoms with Crippen LogP contribution in [-0.2, 0) is 28.6 Å². The molecule has 1 atom stereocenters. The van der Waals surface area contributed by atoms with Gasteiger partial charge in [0.15, 0.2) is 6.10 Å². The molecule has 0 saturated carbocycles. The molecule has 0 aliphatic heterocycles. The fourth-order valence-corrected chi connectivity index (χ4v) is 8.90. The first-order valence-electron chi connectivity index (χ1n) is 30.8. The fourth-order valence-electron chi connectivity index (χ4n) is 8.90. The molecular formula is C65H116O6.